The Morgan fingerprint density at radius 2 is 1.90 bits per heavy atom. The third-order valence-corrected chi connectivity index (χ3v) is 3.01. The van der Waals surface area contributed by atoms with Crippen molar-refractivity contribution in [2.45, 2.75) is 19.3 Å². The molecule has 5 nitrogen and oxygen atoms in total. The Balaban J connectivity index is 2.36. The number of carbonyl (C=O) groups is 1. The molecule has 0 aliphatic heterocycles. The van der Waals surface area contributed by atoms with Gasteiger partial charge in [0.05, 0.1) is 14.2 Å². The average molecular weight is 280 g/mol. The summed E-state index contributed by atoms with van der Waals surface area (Å²) in [6, 6.07) is 5.80. The molecule has 0 spiro atoms. The molecule has 5 heteroatoms. The Bertz CT molecular complexity index is 422. The number of rotatable bonds is 9. The Morgan fingerprint density at radius 1 is 1.15 bits per heavy atom. The molecule has 2 N–H and O–H groups in total. The maximum atomic E-state index is 11.5. The summed E-state index contributed by atoms with van der Waals surface area (Å²) in [5.41, 5.74) is 1.11. The molecule has 0 aliphatic carbocycles. The number of hydrogen-bond acceptors (Lipinski definition) is 4. The number of hydrogen-bond donors (Lipinski definition) is 2. The third kappa shape index (κ3) is 5.48. The molecule has 0 saturated carbocycles. The van der Waals surface area contributed by atoms with Gasteiger partial charge in [0.2, 0.25) is 5.91 Å². The second-order valence-corrected chi connectivity index (χ2v) is 4.50. The van der Waals surface area contributed by atoms with Crippen molar-refractivity contribution in [3.63, 3.8) is 0 Å². The van der Waals surface area contributed by atoms with Gasteiger partial charge in [0.25, 0.3) is 0 Å². The van der Waals surface area contributed by atoms with Crippen LogP contribution >= 0.6 is 0 Å². The van der Waals surface area contributed by atoms with Crippen LogP contribution in [0.2, 0.25) is 0 Å². The largest absolute Gasteiger partial charge is 0.493 e. The number of ether oxygens (including phenoxy) is 2. The highest BCUT2D eigenvalue weighted by Gasteiger charge is 2.05. The lowest BCUT2D eigenvalue weighted by atomic mass is 10.1. The molecule has 0 fully saturated rings. The van der Waals surface area contributed by atoms with Crippen LogP contribution in [0.15, 0.2) is 18.2 Å². The summed E-state index contributed by atoms with van der Waals surface area (Å²) in [7, 11) is 5.11. The van der Waals surface area contributed by atoms with Gasteiger partial charge in [-0.25, -0.2) is 0 Å². The highest BCUT2D eigenvalue weighted by molar-refractivity contribution is 5.75. The van der Waals surface area contributed by atoms with Gasteiger partial charge in [-0.1, -0.05) is 6.07 Å². The number of benzene rings is 1. The average Bonchev–Trinajstić information content (AvgIpc) is 2.47. The fourth-order valence-corrected chi connectivity index (χ4v) is 1.90. The summed E-state index contributed by atoms with van der Waals surface area (Å²) in [5, 5.41) is 5.94. The molecule has 0 atom stereocenters. The van der Waals surface area contributed by atoms with Crippen molar-refractivity contribution in [2.75, 3.05) is 34.4 Å². The van der Waals surface area contributed by atoms with Crippen LogP contribution in [-0.2, 0) is 11.2 Å². The zero-order valence-electron chi connectivity index (χ0n) is 12.5. The first-order valence-corrected chi connectivity index (χ1v) is 6.83. The van der Waals surface area contributed by atoms with E-state index in [1.165, 1.54) is 0 Å². The molecule has 0 heterocycles. The minimum atomic E-state index is 0.0979. The van der Waals surface area contributed by atoms with Crippen molar-refractivity contribution in [3.8, 4) is 11.5 Å². The lowest BCUT2D eigenvalue weighted by molar-refractivity contribution is -0.121. The van der Waals surface area contributed by atoms with Gasteiger partial charge < -0.3 is 20.1 Å². The van der Waals surface area contributed by atoms with Crippen molar-refractivity contribution >= 4 is 5.91 Å². The number of methoxy groups -OCH3 is 2. The SMILES string of the molecule is CNCCCC(=O)NCCc1ccc(OC)c(OC)c1. The third-order valence-electron chi connectivity index (χ3n) is 3.01. The first kappa shape index (κ1) is 16.3. The Morgan fingerprint density at radius 3 is 2.55 bits per heavy atom. The molecule has 20 heavy (non-hydrogen) atoms. The first-order chi connectivity index (χ1) is 9.71. The topological polar surface area (TPSA) is 59.6 Å². The highest BCUT2D eigenvalue weighted by Crippen LogP contribution is 2.27. The van der Waals surface area contributed by atoms with Gasteiger partial charge >= 0.3 is 0 Å². The molecular weight excluding hydrogens is 256 g/mol. The standard InChI is InChI=1S/C15H24N2O3/c1-16-9-4-5-15(18)17-10-8-12-6-7-13(19-2)14(11-12)20-3/h6-7,11,16H,4-5,8-10H2,1-3H3,(H,17,18). The van der Waals surface area contributed by atoms with Crippen LogP contribution in [0.5, 0.6) is 11.5 Å². The monoisotopic (exact) mass is 280 g/mol. The molecule has 0 aromatic heterocycles. The van der Waals surface area contributed by atoms with E-state index in [1.807, 2.05) is 25.2 Å². The van der Waals surface area contributed by atoms with E-state index in [0.29, 0.717) is 24.5 Å². The van der Waals surface area contributed by atoms with Crippen LogP contribution in [0.1, 0.15) is 18.4 Å². The van der Waals surface area contributed by atoms with E-state index >= 15 is 0 Å². The summed E-state index contributed by atoms with van der Waals surface area (Å²) in [6.07, 6.45) is 2.20. The summed E-state index contributed by atoms with van der Waals surface area (Å²) in [5.74, 6) is 1.53. The number of nitrogens with one attached hydrogen (secondary N) is 2. The summed E-state index contributed by atoms with van der Waals surface area (Å²) >= 11 is 0. The smallest absolute Gasteiger partial charge is 0.220 e. The molecule has 0 saturated heterocycles. The Kier molecular flexibility index (Phi) is 7.50. The zero-order chi connectivity index (χ0) is 14.8. The van der Waals surface area contributed by atoms with E-state index in [9.17, 15) is 4.79 Å². The zero-order valence-corrected chi connectivity index (χ0v) is 12.5. The van der Waals surface area contributed by atoms with Crippen LogP contribution in [0.4, 0.5) is 0 Å². The minimum Gasteiger partial charge on any atom is -0.493 e. The molecule has 0 aliphatic rings. The first-order valence-electron chi connectivity index (χ1n) is 6.83. The minimum absolute atomic E-state index is 0.0979. The maximum Gasteiger partial charge on any atom is 0.220 e. The quantitative estimate of drug-likeness (QED) is 0.671. The molecule has 1 amide bonds. The van der Waals surface area contributed by atoms with Crippen LogP contribution in [0.25, 0.3) is 0 Å². The van der Waals surface area contributed by atoms with E-state index < -0.39 is 0 Å². The van der Waals surface area contributed by atoms with Crippen molar-refractivity contribution in [1.29, 1.82) is 0 Å². The van der Waals surface area contributed by atoms with Gasteiger partial charge in [0.15, 0.2) is 11.5 Å². The molecule has 0 radical (unpaired) electrons. The van der Waals surface area contributed by atoms with Crippen LogP contribution < -0.4 is 20.1 Å². The summed E-state index contributed by atoms with van der Waals surface area (Å²) in [6.45, 7) is 1.50. The van der Waals surface area contributed by atoms with Gasteiger partial charge in [-0.2, -0.15) is 0 Å². The van der Waals surface area contributed by atoms with Crippen LogP contribution in [-0.4, -0.2) is 40.3 Å². The van der Waals surface area contributed by atoms with Crippen molar-refractivity contribution in [1.82, 2.24) is 10.6 Å². The predicted molar refractivity (Wildman–Crippen MR) is 79.4 cm³/mol. The van der Waals surface area contributed by atoms with Crippen molar-refractivity contribution in [2.24, 2.45) is 0 Å². The summed E-state index contributed by atoms with van der Waals surface area (Å²) < 4.78 is 10.4. The van der Waals surface area contributed by atoms with Crippen molar-refractivity contribution in [3.05, 3.63) is 23.8 Å². The fraction of sp³-hybridized carbons (Fsp3) is 0.533. The molecule has 1 aromatic carbocycles. The van der Waals surface area contributed by atoms with Gasteiger partial charge in [0, 0.05) is 13.0 Å². The fourth-order valence-electron chi connectivity index (χ4n) is 1.90. The summed E-state index contributed by atoms with van der Waals surface area (Å²) in [4.78, 5) is 11.5. The Labute approximate surface area is 120 Å². The molecule has 1 aromatic rings. The van der Waals surface area contributed by atoms with Crippen molar-refractivity contribution < 1.29 is 14.3 Å². The van der Waals surface area contributed by atoms with Crippen LogP contribution in [0, 0.1) is 0 Å². The second kappa shape index (κ2) is 9.20. The van der Waals surface area contributed by atoms with E-state index in [1.54, 1.807) is 14.2 Å². The highest BCUT2D eigenvalue weighted by atomic mass is 16.5. The maximum absolute atomic E-state index is 11.5. The van der Waals surface area contributed by atoms with E-state index in [2.05, 4.69) is 10.6 Å². The van der Waals surface area contributed by atoms with Crippen LogP contribution in [0.3, 0.4) is 0 Å². The molecule has 0 unspecified atom stereocenters. The molecule has 112 valence electrons. The van der Waals surface area contributed by atoms with Gasteiger partial charge in [0.1, 0.15) is 0 Å². The van der Waals surface area contributed by atoms with Gasteiger partial charge in [-0.15, -0.1) is 0 Å². The number of carbonyl (C=O) groups excluding carboxylic acids is 1. The second-order valence-electron chi connectivity index (χ2n) is 4.50. The van der Waals surface area contributed by atoms with E-state index in [4.69, 9.17) is 9.47 Å². The lowest BCUT2D eigenvalue weighted by Crippen LogP contribution is -2.26. The molecular formula is C15H24N2O3. The normalized spacial score (nSPS) is 10.2. The number of amides is 1. The molecule has 0 bridgehead atoms. The van der Waals surface area contributed by atoms with Gasteiger partial charge in [-0.05, 0) is 44.1 Å². The lowest BCUT2D eigenvalue weighted by Gasteiger charge is -2.10. The predicted octanol–water partition coefficient (Wildman–Crippen LogP) is 1.36. The van der Waals surface area contributed by atoms with E-state index in [0.717, 1.165) is 24.9 Å². The van der Waals surface area contributed by atoms with E-state index in [-0.39, 0.29) is 5.91 Å². The Hall–Kier alpha value is -1.75. The molecule has 1 rings (SSSR count). The van der Waals surface area contributed by atoms with Gasteiger partial charge in [-0.3, -0.25) is 4.79 Å².